The number of methoxy groups -OCH3 is 1. The molecule has 4 heteroatoms. The van der Waals surface area contributed by atoms with Gasteiger partial charge in [-0.3, -0.25) is 4.79 Å². The van der Waals surface area contributed by atoms with Crippen LogP contribution in [0.4, 0.5) is 0 Å². The number of phenols is 1. The standard InChI is InChI=1S/C21H23NO3/c1-25-16-11-12-18(20(23)13-16)21(24)22(15-9-10-15)19-8-4-6-14-5-2-3-7-17(14)19/h2-3,5,7,11-13,15,19,23H,4,6,8-10H2,1H3. The van der Waals surface area contributed by atoms with Crippen LogP contribution in [0.2, 0.25) is 0 Å². The molecular formula is C21H23NO3. The van der Waals surface area contributed by atoms with Crippen LogP contribution in [0.15, 0.2) is 42.5 Å². The van der Waals surface area contributed by atoms with Gasteiger partial charge in [0.2, 0.25) is 0 Å². The zero-order valence-electron chi connectivity index (χ0n) is 14.4. The Morgan fingerprint density at radius 3 is 2.68 bits per heavy atom. The third-order valence-electron chi connectivity index (χ3n) is 5.28. The molecule has 0 heterocycles. The van der Waals surface area contributed by atoms with Crippen LogP contribution in [-0.2, 0) is 6.42 Å². The Kier molecular flexibility index (Phi) is 4.12. The summed E-state index contributed by atoms with van der Waals surface area (Å²) in [6.45, 7) is 0. The van der Waals surface area contributed by atoms with E-state index >= 15 is 0 Å². The molecule has 1 atom stereocenters. The molecule has 4 rings (SSSR count). The number of carbonyl (C=O) groups excluding carboxylic acids is 1. The fourth-order valence-electron chi connectivity index (χ4n) is 3.89. The van der Waals surface area contributed by atoms with E-state index in [9.17, 15) is 9.90 Å². The zero-order chi connectivity index (χ0) is 17.4. The normalized spacial score (nSPS) is 19.2. The van der Waals surface area contributed by atoms with Gasteiger partial charge in [0.1, 0.15) is 11.5 Å². The average Bonchev–Trinajstić information content (AvgIpc) is 3.47. The summed E-state index contributed by atoms with van der Waals surface area (Å²) in [5.74, 6) is 0.457. The molecule has 4 nitrogen and oxygen atoms in total. The van der Waals surface area contributed by atoms with E-state index in [1.54, 1.807) is 19.2 Å². The fraction of sp³-hybridized carbons (Fsp3) is 0.381. The molecular weight excluding hydrogens is 314 g/mol. The minimum atomic E-state index is -0.0793. The van der Waals surface area contributed by atoms with Gasteiger partial charge in [-0.15, -0.1) is 0 Å². The second-order valence-corrected chi connectivity index (χ2v) is 6.93. The van der Waals surface area contributed by atoms with Gasteiger partial charge in [-0.25, -0.2) is 0 Å². The van der Waals surface area contributed by atoms with Crippen molar-refractivity contribution in [3.05, 3.63) is 59.2 Å². The summed E-state index contributed by atoms with van der Waals surface area (Å²) in [6.07, 6.45) is 5.23. The summed E-state index contributed by atoms with van der Waals surface area (Å²) in [5.41, 5.74) is 2.97. The lowest BCUT2D eigenvalue weighted by Crippen LogP contribution is -2.38. The monoisotopic (exact) mass is 337 g/mol. The van der Waals surface area contributed by atoms with Crippen LogP contribution in [-0.4, -0.2) is 29.1 Å². The maximum absolute atomic E-state index is 13.3. The van der Waals surface area contributed by atoms with E-state index in [2.05, 4.69) is 24.3 Å². The Hall–Kier alpha value is -2.49. The Balaban J connectivity index is 1.70. The van der Waals surface area contributed by atoms with Crippen LogP contribution < -0.4 is 4.74 Å². The summed E-state index contributed by atoms with van der Waals surface area (Å²) < 4.78 is 5.13. The van der Waals surface area contributed by atoms with Crippen LogP contribution in [0.5, 0.6) is 11.5 Å². The topological polar surface area (TPSA) is 49.8 Å². The molecule has 0 radical (unpaired) electrons. The second-order valence-electron chi connectivity index (χ2n) is 6.93. The van der Waals surface area contributed by atoms with Gasteiger partial charge in [-0.05, 0) is 55.4 Å². The van der Waals surface area contributed by atoms with E-state index in [1.165, 1.54) is 17.2 Å². The molecule has 0 saturated heterocycles. The molecule has 0 aliphatic heterocycles. The van der Waals surface area contributed by atoms with E-state index in [1.807, 2.05) is 4.90 Å². The summed E-state index contributed by atoms with van der Waals surface area (Å²) in [7, 11) is 1.55. The fourth-order valence-corrected chi connectivity index (χ4v) is 3.89. The van der Waals surface area contributed by atoms with Crippen molar-refractivity contribution in [1.29, 1.82) is 0 Å². The first-order valence-electron chi connectivity index (χ1n) is 8.96. The van der Waals surface area contributed by atoms with Crippen molar-refractivity contribution in [3.63, 3.8) is 0 Å². The average molecular weight is 337 g/mol. The minimum Gasteiger partial charge on any atom is -0.507 e. The smallest absolute Gasteiger partial charge is 0.258 e. The lowest BCUT2D eigenvalue weighted by atomic mass is 9.86. The first-order valence-corrected chi connectivity index (χ1v) is 8.96. The maximum atomic E-state index is 13.3. The van der Waals surface area contributed by atoms with Gasteiger partial charge in [0, 0.05) is 12.1 Å². The molecule has 2 aliphatic rings. The third kappa shape index (κ3) is 2.97. The first kappa shape index (κ1) is 16.0. The number of ether oxygens (including phenoxy) is 1. The molecule has 1 fully saturated rings. The van der Waals surface area contributed by atoms with Crippen LogP contribution in [0, 0.1) is 0 Å². The maximum Gasteiger partial charge on any atom is 0.258 e. The summed E-state index contributed by atoms with van der Waals surface area (Å²) in [4.78, 5) is 15.3. The van der Waals surface area contributed by atoms with Crippen molar-refractivity contribution in [2.24, 2.45) is 0 Å². The number of fused-ring (bicyclic) bond motifs is 1. The van der Waals surface area contributed by atoms with Gasteiger partial charge >= 0.3 is 0 Å². The van der Waals surface area contributed by atoms with Crippen LogP contribution >= 0.6 is 0 Å². The first-order chi connectivity index (χ1) is 12.2. The molecule has 1 saturated carbocycles. The number of aromatic hydroxyl groups is 1. The molecule has 0 bridgehead atoms. The molecule has 1 amide bonds. The van der Waals surface area contributed by atoms with Crippen LogP contribution in [0.3, 0.4) is 0 Å². The zero-order valence-corrected chi connectivity index (χ0v) is 14.4. The van der Waals surface area contributed by atoms with Gasteiger partial charge in [0.15, 0.2) is 0 Å². The van der Waals surface area contributed by atoms with Gasteiger partial charge < -0.3 is 14.7 Å². The van der Waals surface area contributed by atoms with Gasteiger partial charge in [-0.1, -0.05) is 24.3 Å². The number of carbonyl (C=O) groups is 1. The van der Waals surface area contributed by atoms with E-state index in [-0.39, 0.29) is 23.7 Å². The van der Waals surface area contributed by atoms with Crippen molar-refractivity contribution in [1.82, 2.24) is 4.90 Å². The number of phenolic OH excluding ortho intramolecular Hbond substituents is 1. The Morgan fingerprint density at radius 1 is 1.16 bits per heavy atom. The largest absolute Gasteiger partial charge is 0.507 e. The summed E-state index contributed by atoms with van der Waals surface area (Å²) in [5, 5.41) is 10.3. The number of benzene rings is 2. The SMILES string of the molecule is COc1ccc(C(=O)N(C2CC2)C2CCCc3ccccc32)c(O)c1. The second kappa shape index (κ2) is 6.43. The van der Waals surface area contributed by atoms with Crippen molar-refractivity contribution in [3.8, 4) is 11.5 Å². The number of hydrogen-bond acceptors (Lipinski definition) is 3. The molecule has 2 aromatic rings. The Morgan fingerprint density at radius 2 is 1.96 bits per heavy atom. The van der Waals surface area contributed by atoms with E-state index < -0.39 is 0 Å². The van der Waals surface area contributed by atoms with Gasteiger partial charge in [0.25, 0.3) is 5.91 Å². The van der Waals surface area contributed by atoms with Crippen molar-refractivity contribution < 1.29 is 14.6 Å². The van der Waals surface area contributed by atoms with Gasteiger partial charge in [0.05, 0.1) is 18.7 Å². The number of nitrogens with zero attached hydrogens (tertiary/aromatic N) is 1. The molecule has 1 unspecified atom stereocenters. The third-order valence-corrected chi connectivity index (χ3v) is 5.28. The highest BCUT2D eigenvalue weighted by atomic mass is 16.5. The van der Waals surface area contributed by atoms with Crippen LogP contribution in [0.1, 0.15) is 53.2 Å². The van der Waals surface area contributed by atoms with Gasteiger partial charge in [-0.2, -0.15) is 0 Å². The van der Waals surface area contributed by atoms with E-state index in [0.29, 0.717) is 11.3 Å². The molecule has 130 valence electrons. The van der Waals surface area contributed by atoms with Crippen molar-refractivity contribution >= 4 is 5.91 Å². The number of rotatable bonds is 4. The van der Waals surface area contributed by atoms with Crippen molar-refractivity contribution in [2.45, 2.75) is 44.2 Å². The predicted molar refractivity (Wildman–Crippen MR) is 96.0 cm³/mol. The molecule has 0 aromatic heterocycles. The number of aryl methyl sites for hydroxylation is 1. The summed E-state index contributed by atoms with van der Waals surface area (Å²) >= 11 is 0. The molecule has 1 N–H and O–H groups in total. The van der Waals surface area contributed by atoms with E-state index in [0.717, 1.165) is 32.1 Å². The molecule has 0 spiro atoms. The molecule has 2 aliphatic carbocycles. The van der Waals surface area contributed by atoms with Crippen molar-refractivity contribution in [2.75, 3.05) is 7.11 Å². The van der Waals surface area contributed by atoms with E-state index in [4.69, 9.17) is 4.74 Å². The summed E-state index contributed by atoms with van der Waals surface area (Å²) in [6, 6.07) is 13.7. The predicted octanol–water partition coefficient (Wildman–Crippen LogP) is 4.08. The highest BCUT2D eigenvalue weighted by Crippen LogP contribution is 2.42. The Labute approximate surface area is 148 Å². The number of amides is 1. The minimum absolute atomic E-state index is 0.0147. The molecule has 25 heavy (non-hydrogen) atoms. The highest BCUT2D eigenvalue weighted by Gasteiger charge is 2.40. The molecule has 2 aromatic carbocycles. The Bertz CT molecular complexity index is 797. The quantitative estimate of drug-likeness (QED) is 0.914. The lowest BCUT2D eigenvalue weighted by Gasteiger charge is -2.36. The van der Waals surface area contributed by atoms with Crippen LogP contribution in [0.25, 0.3) is 0 Å². The number of hydrogen-bond donors (Lipinski definition) is 1. The lowest BCUT2D eigenvalue weighted by molar-refractivity contribution is 0.0635. The highest BCUT2D eigenvalue weighted by molar-refractivity contribution is 5.97.